The lowest BCUT2D eigenvalue weighted by Crippen LogP contribution is -2.25. The lowest BCUT2D eigenvalue weighted by molar-refractivity contribution is -0.119. The summed E-state index contributed by atoms with van der Waals surface area (Å²) in [6, 6.07) is 10.5. The van der Waals surface area contributed by atoms with Crippen LogP contribution in [0.15, 0.2) is 30.3 Å². The van der Waals surface area contributed by atoms with E-state index in [2.05, 4.69) is 29.6 Å². The standard InChI is InChI=1S/C16H17NO2/c1-10(18)17-9-13-8-12-5-3-4-11-6-7-14(19-2)16(13)15(11)12/h3-7,13H,8-9H2,1-2H3,(H,17,18). The van der Waals surface area contributed by atoms with Crippen molar-refractivity contribution in [2.24, 2.45) is 0 Å². The molecule has 1 unspecified atom stereocenters. The van der Waals surface area contributed by atoms with E-state index in [-0.39, 0.29) is 5.91 Å². The van der Waals surface area contributed by atoms with E-state index in [1.54, 1.807) is 14.0 Å². The third-order valence-corrected chi connectivity index (χ3v) is 3.82. The normalized spacial score (nSPS) is 16.6. The molecule has 2 aromatic carbocycles. The summed E-state index contributed by atoms with van der Waals surface area (Å²) in [5.74, 6) is 1.25. The molecule has 98 valence electrons. The van der Waals surface area contributed by atoms with Crippen molar-refractivity contribution in [1.82, 2.24) is 5.32 Å². The average molecular weight is 255 g/mol. The monoisotopic (exact) mass is 255 g/mol. The van der Waals surface area contributed by atoms with Crippen LogP contribution in [0.25, 0.3) is 10.8 Å². The molecule has 0 heterocycles. The zero-order chi connectivity index (χ0) is 13.4. The Hall–Kier alpha value is -2.03. The molecule has 0 saturated carbocycles. The zero-order valence-electron chi connectivity index (χ0n) is 11.2. The van der Waals surface area contributed by atoms with Gasteiger partial charge in [-0.2, -0.15) is 0 Å². The second-order valence-electron chi connectivity index (χ2n) is 5.03. The van der Waals surface area contributed by atoms with Gasteiger partial charge in [-0.05, 0) is 28.8 Å². The zero-order valence-corrected chi connectivity index (χ0v) is 11.2. The third kappa shape index (κ3) is 1.95. The predicted molar refractivity (Wildman–Crippen MR) is 75.6 cm³/mol. The van der Waals surface area contributed by atoms with Crippen molar-refractivity contribution in [1.29, 1.82) is 0 Å². The summed E-state index contributed by atoms with van der Waals surface area (Å²) in [7, 11) is 1.70. The lowest BCUT2D eigenvalue weighted by atomic mass is 9.98. The van der Waals surface area contributed by atoms with E-state index >= 15 is 0 Å². The van der Waals surface area contributed by atoms with E-state index in [9.17, 15) is 4.79 Å². The molecule has 3 nitrogen and oxygen atoms in total. The Morgan fingerprint density at radius 1 is 1.37 bits per heavy atom. The molecule has 0 bridgehead atoms. The van der Waals surface area contributed by atoms with Crippen LogP contribution in [-0.2, 0) is 11.2 Å². The predicted octanol–water partition coefficient (Wildman–Crippen LogP) is 2.62. The van der Waals surface area contributed by atoms with Gasteiger partial charge in [-0.25, -0.2) is 0 Å². The van der Waals surface area contributed by atoms with Crippen LogP contribution in [0.1, 0.15) is 24.0 Å². The molecule has 0 spiro atoms. The SMILES string of the molecule is COc1ccc2cccc3c2c1C(CNC(C)=O)C3. The molecule has 0 saturated heterocycles. The Labute approximate surface area is 112 Å². The second-order valence-corrected chi connectivity index (χ2v) is 5.03. The van der Waals surface area contributed by atoms with Gasteiger partial charge in [0.25, 0.3) is 0 Å². The molecule has 3 heteroatoms. The Bertz CT molecular complexity index is 648. The van der Waals surface area contributed by atoms with E-state index in [0.29, 0.717) is 12.5 Å². The Morgan fingerprint density at radius 2 is 2.21 bits per heavy atom. The van der Waals surface area contributed by atoms with Crippen molar-refractivity contribution in [3.05, 3.63) is 41.5 Å². The lowest BCUT2D eigenvalue weighted by Gasteiger charge is -2.15. The fraction of sp³-hybridized carbons (Fsp3) is 0.312. The highest BCUT2D eigenvalue weighted by molar-refractivity contribution is 5.93. The number of carbonyl (C=O) groups excluding carboxylic acids is 1. The number of benzene rings is 2. The molecular formula is C16H17NO2. The van der Waals surface area contributed by atoms with Crippen molar-refractivity contribution < 1.29 is 9.53 Å². The smallest absolute Gasteiger partial charge is 0.216 e. The van der Waals surface area contributed by atoms with Crippen LogP contribution in [-0.4, -0.2) is 19.6 Å². The molecule has 0 aliphatic heterocycles. The van der Waals surface area contributed by atoms with Gasteiger partial charge >= 0.3 is 0 Å². The molecule has 1 N–H and O–H groups in total. The highest BCUT2D eigenvalue weighted by Gasteiger charge is 2.27. The second kappa shape index (κ2) is 4.57. The summed E-state index contributed by atoms with van der Waals surface area (Å²) in [5.41, 5.74) is 2.59. The molecule has 3 rings (SSSR count). The molecule has 19 heavy (non-hydrogen) atoms. The van der Waals surface area contributed by atoms with Crippen molar-refractivity contribution in [3.63, 3.8) is 0 Å². The summed E-state index contributed by atoms with van der Waals surface area (Å²) >= 11 is 0. The first-order valence-corrected chi connectivity index (χ1v) is 6.53. The van der Waals surface area contributed by atoms with Crippen molar-refractivity contribution >= 4 is 16.7 Å². The number of amides is 1. The van der Waals surface area contributed by atoms with E-state index in [4.69, 9.17) is 4.74 Å². The maximum atomic E-state index is 11.1. The Kier molecular flexibility index (Phi) is 2.90. The molecule has 2 aromatic rings. The fourth-order valence-electron chi connectivity index (χ4n) is 3.03. The molecule has 1 atom stereocenters. The minimum atomic E-state index is 0.0158. The first kappa shape index (κ1) is 12.0. The summed E-state index contributed by atoms with van der Waals surface area (Å²) in [5, 5.41) is 5.47. The molecule has 0 radical (unpaired) electrons. The third-order valence-electron chi connectivity index (χ3n) is 3.82. The van der Waals surface area contributed by atoms with Gasteiger partial charge in [-0.1, -0.05) is 24.3 Å². The van der Waals surface area contributed by atoms with E-state index < -0.39 is 0 Å². The van der Waals surface area contributed by atoms with Crippen molar-refractivity contribution in [3.8, 4) is 5.75 Å². The summed E-state index contributed by atoms with van der Waals surface area (Å²) in [6.45, 7) is 2.22. The molecule has 1 aliphatic carbocycles. The molecule has 1 aliphatic rings. The van der Waals surface area contributed by atoms with Crippen LogP contribution in [0.3, 0.4) is 0 Å². The highest BCUT2D eigenvalue weighted by Crippen LogP contribution is 2.43. The van der Waals surface area contributed by atoms with E-state index in [1.807, 2.05) is 6.07 Å². The quantitative estimate of drug-likeness (QED) is 0.915. The Balaban J connectivity index is 2.09. The van der Waals surface area contributed by atoms with Crippen molar-refractivity contribution in [2.75, 3.05) is 13.7 Å². The fourth-order valence-corrected chi connectivity index (χ4v) is 3.03. The van der Waals surface area contributed by atoms with Gasteiger partial charge in [-0.3, -0.25) is 4.79 Å². The minimum absolute atomic E-state index is 0.0158. The van der Waals surface area contributed by atoms with Gasteiger partial charge in [0.05, 0.1) is 7.11 Å². The van der Waals surface area contributed by atoms with Crippen LogP contribution in [0.4, 0.5) is 0 Å². The van der Waals surface area contributed by atoms with Gasteiger partial charge in [0.2, 0.25) is 5.91 Å². The number of hydrogen-bond donors (Lipinski definition) is 1. The average Bonchev–Trinajstić information content (AvgIpc) is 2.78. The molecule has 0 aromatic heterocycles. The number of rotatable bonds is 3. The molecule has 1 amide bonds. The van der Waals surface area contributed by atoms with Crippen LogP contribution in [0.2, 0.25) is 0 Å². The topological polar surface area (TPSA) is 38.3 Å². The van der Waals surface area contributed by atoms with Gasteiger partial charge in [0.15, 0.2) is 0 Å². The first-order valence-electron chi connectivity index (χ1n) is 6.53. The maximum Gasteiger partial charge on any atom is 0.216 e. The van der Waals surface area contributed by atoms with Crippen LogP contribution in [0, 0.1) is 0 Å². The van der Waals surface area contributed by atoms with Gasteiger partial charge < -0.3 is 10.1 Å². The van der Waals surface area contributed by atoms with Gasteiger partial charge in [-0.15, -0.1) is 0 Å². The van der Waals surface area contributed by atoms with Gasteiger partial charge in [0.1, 0.15) is 5.75 Å². The highest BCUT2D eigenvalue weighted by atomic mass is 16.5. The number of hydrogen-bond acceptors (Lipinski definition) is 2. The Morgan fingerprint density at radius 3 is 2.95 bits per heavy atom. The van der Waals surface area contributed by atoms with Crippen LogP contribution in [0.5, 0.6) is 5.75 Å². The summed E-state index contributed by atoms with van der Waals surface area (Å²) < 4.78 is 5.50. The first-order chi connectivity index (χ1) is 9.20. The van der Waals surface area contributed by atoms with Crippen LogP contribution < -0.4 is 10.1 Å². The number of carbonyl (C=O) groups is 1. The molecular weight excluding hydrogens is 238 g/mol. The summed E-state index contributed by atoms with van der Waals surface area (Å²) in [4.78, 5) is 11.1. The number of ether oxygens (including phenoxy) is 1. The van der Waals surface area contributed by atoms with E-state index in [0.717, 1.165) is 12.2 Å². The molecule has 0 fully saturated rings. The summed E-state index contributed by atoms with van der Waals surface area (Å²) in [6.07, 6.45) is 0.966. The minimum Gasteiger partial charge on any atom is -0.496 e. The number of nitrogens with one attached hydrogen (secondary N) is 1. The number of methoxy groups -OCH3 is 1. The van der Waals surface area contributed by atoms with Crippen molar-refractivity contribution in [2.45, 2.75) is 19.3 Å². The largest absolute Gasteiger partial charge is 0.496 e. The van der Waals surface area contributed by atoms with Crippen LogP contribution >= 0.6 is 0 Å². The maximum absolute atomic E-state index is 11.1. The van der Waals surface area contributed by atoms with Gasteiger partial charge in [0, 0.05) is 24.9 Å². The van der Waals surface area contributed by atoms with E-state index in [1.165, 1.54) is 21.9 Å².